The van der Waals surface area contributed by atoms with E-state index in [9.17, 15) is 14.7 Å². The van der Waals surface area contributed by atoms with Crippen LogP contribution in [0.5, 0.6) is 0 Å². The molecule has 0 amide bonds. The minimum Gasteiger partial charge on any atom is -0.465 e. The zero-order chi connectivity index (χ0) is 19.6. The Hall–Kier alpha value is -2.00. The highest BCUT2D eigenvalue weighted by molar-refractivity contribution is 5.95. The third kappa shape index (κ3) is 6.28. The summed E-state index contributed by atoms with van der Waals surface area (Å²) in [6.45, 7) is 3.88. The van der Waals surface area contributed by atoms with E-state index in [1.165, 1.54) is 0 Å². The van der Waals surface area contributed by atoms with Crippen molar-refractivity contribution in [3.05, 3.63) is 35.9 Å². The number of esters is 2. The second-order valence-corrected chi connectivity index (χ2v) is 5.86. The van der Waals surface area contributed by atoms with Crippen LogP contribution in [-0.2, 0) is 33.3 Å². The lowest BCUT2D eigenvalue weighted by Crippen LogP contribution is -2.46. The van der Waals surface area contributed by atoms with Gasteiger partial charge in [-0.3, -0.25) is 9.59 Å². The number of hydrogen-bond donors (Lipinski definition) is 1. The lowest BCUT2D eigenvalue weighted by Gasteiger charge is -2.33. The highest BCUT2D eigenvalue weighted by Gasteiger charge is 2.42. The minimum absolute atomic E-state index is 0.0777. The summed E-state index contributed by atoms with van der Waals surface area (Å²) in [6.07, 6.45) is -2.18. The molecule has 1 heterocycles. The van der Waals surface area contributed by atoms with Crippen molar-refractivity contribution in [2.24, 2.45) is 5.92 Å². The van der Waals surface area contributed by atoms with Gasteiger partial charge < -0.3 is 28.8 Å². The summed E-state index contributed by atoms with van der Waals surface area (Å²) >= 11 is 0. The fourth-order valence-corrected chi connectivity index (χ4v) is 2.60. The molecule has 1 fully saturated rings. The van der Waals surface area contributed by atoms with Gasteiger partial charge in [-0.05, 0) is 20.3 Å². The van der Waals surface area contributed by atoms with Crippen molar-refractivity contribution in [1.29, 1.82) is 0 Å². The predicted molar refractivity (Wildman–Crippen MR) is 93.3 cm³/mol. The number of carbonyl (C=O) groups is 2. The van der Waals surface area contributed by atoms with Crippen molar-refractivity contribution < 1.29 is 38.4 Å². The molecule has 0 radical (unpaired) electrons. The topological polar surface area (TPSA) is 101 Å². The monoisotopic (exact) mass is 382 g/mol. The Morgan fingerprint density at radius 3 is 2.37 bits per heavy atom. The maximum absolute atomic E-state index is 12.2. The molecule has 27 heavy (non-hydrogen) atoms. The summed E-state index contributed by atoms with van der Waals surface area (Å²) < 4.78 is 26.5. The average Bonchev–Trinajstić information content (AvgIpc) is 2.68. The molecule has 1 saturated heterocycles. The molecule has 1 N–H and O–H groups in total. The standard InChI is InChI=1S/C19H26O8/c1-3-23-17(21)15(18(22)24-4-2)19-25-11-10-14(27-19)12-26-16(20)13-8-6-5-7-9-13/h5-9,14-16,19-20H,3-4,10-12H2,1-2H3/t14-,16?,19?/m0/s1. The number of rotatable bonds is 9. The summed E-state index contributed by atoms with van der Waals surface area (Å²) in [5, 5.41) is 10.1. The largest absolute Gasteiger partial charge is 0.465 e. The van der Waals surface area contributed by atoms with Crippen molar-refractivity contribution in [3.63, 3.8) is 0 Å². The lowest BCUT2D eigenvalue weighted by molar-refractivity contribution is -0.256. The molecular weight excluding hydrogens is 356 g/mol. The number of hydrogen-bond acceptors (Lipinski definition) is 8. The first kappa shape index (κ1) is 21.3. The maximum Gasteiger partial charge on any atom is 0.325 e. The van der Waals surface area contributed by atoms with E-state index < -0.39 is 36.5 Å². The number of aliphatic hydroxyl groups is 1. The normalized spacial score (nSPS) is 20.9. The Labute approximate surface area is 158 Å². The lowest BCUT2D eigenvalue weighted by atomic mass is 10.1. The van der Waals surface area contributed by atoms with E-state index in [4.69, 9.17) is 23.7 Å². The van der Waals surface area contributed by atoms with Gasteiger partial charge in [0.25, 0.3) is 0 Å². The van der Waals surface area contributed by atoms with Crippen molar-refractivity contribution in [3.8, 4) is 0 Å². The smallest absolute Gasteiger partial charge is 0.325 e. The highest BCUT2D eigenvalue weighted by atomic mass is 16.7. The van der Waals surface area contributed by atoms with Gasteiger partial charge in [0.2, 0.25) is 5.92 Å². The van der Waals surface area contributed by atoms with Gasteiger partial charge in [0.05, 0.1) is 32.5 Å². The molecule has 8 heteroatoms. The van der Waals surface area contributed by atoms with E-state index >= 15 is 0 Å². The molecule has 2 rings (SSSR count). The molecule has 0 saturated carbocycles. The van der Waals surface area contributed by atoms with Crippen LogP contribution in [0, 0.1) is 5.92 Å². The fraction of sp³-hybridized carbons (Fsp3) is 0.579. The van der Waals surface area contributed by atoms with Crippen LogP contribution in [0.2, 0.25) is 0 Å². The number of ether oxygens (including phenoxy) is 5. The molecule has 0 bridgehead atoms. The first-order chi connectivity index (χ1) is 13.1. The number of aliphatic hydroxyl groups excluding tert-OH is 1. The first-order valence-electron chi connectivity index (χ1n) is 9.01. The van der Waals surface area contributed by atoms with E-state index in [2.05, 4.69) is 0 Å². The number of benzene rings is 1. The summed E-state index contributed by atoms with van der Waals surface area (Å²) in [5.74, 6) is -2.84. The van der Waals surface area contributed by atoms with Crippen LogP contribution in [0.25, 0.3) is 0 Å². The molecule has 0 aromatic heterocycles. The molecule has 1 aliphatic rings. The summed E-state index contributed by atoms with van der Waals surface area (Å²) in [6, 6.07) is 8.93. The Kier molecular flexibility index (Phi) is 8.66. The molecule has 3 atom stereocenters. The highest BCUT2D eigenvalue weighted by Crippen LogP contribution is 2.23. The van der Waals surface area contributed by atoms with Crippen LogP contribution in [0.4, 0.5) is 0 Å². The van der Waals surface area contributed by atoms with E-state index in [1.807, 2.05) is 6.07 Å². The second-order valence-electron chi connectivity index (χ2n) is 5.86. The quantitative estimate of drug-likeness (QED) is 0.390. The van der Waals surface area contributed by atoms with Gasteiger partial charge in [0.1, 0.15) is 0 Å². The minimum atomic E-state index is -1.33. The molecule has 0 aliphatic carbocycles. The zero-order valence-electron chi connectivity index (χ0n) is 15.5. The van der Waals surface area contributed by atoms with Gasteiger partial charge in [0, 0.05) is 5.56 Å². The van der Waals surface area contributed by atoms with E-state index in [0.717, 1.165) is 0 Å². The molecule has 1 aliphatic heterocycles. The van der Waals surface area contributed by atoms with Crippen molar-refractivity contribution >= 4 is 11.9 Å². The molecule has 0 spiro atoms. The Balaban J connectivity index is 1.95. The zero-order valence-corrected chi connectivity index (χ0v) is 15.5. The summed E-state index contributed by atoms with van der Waals surface area (Å²) in [4.78, 5) is 24.3. The maximum atomic E-state index is 12.2. The van der Waals surface area contributed by atoms with Crippen LogP contribution in [0.1, 0.15) is 32.1 Å². The molecule has 2 unspecified atom stereocenters. The van der Waals surface area contributed by atoms with Gasteiger partial charge in [-0.1, -0.05) is 30.3 Å². The summed E-state index contributed by atoms with van der Waals surface area (Å²) in [7, 11) is 0. The first-order valence-corrected chi connectivity index (χ1v) is 9.01. The van der Waals surface area contributed by atoms with E-state index in [1.54, 1.807) is 38.1 Å². The molecule has 150 valence electrons. The second kappa shape index (κ2) is 11.0. The SMILES string of the molecule is CCOC(=O)C(C(=O)OCC)C1OCC[C@@H](COC(O)c2ccccc2)O1. The van der Waals surface area contributed by atoms with Gasteiger partial charge in [-0.2, -0.15) is 0 Å². The van der Waals surface area contributed by atoms with Gasteiger partial charge >= 0.3 is 11.9 Å². The Morgan fingerprint density at radius 2 is 1.78 bits per heavy atom. The van der Waals surface area contributed by atoms with Gasteiger partial charge in [-0.25, -0.2) is 0 Å². The third-order valence-corrected chi connectivity index (χ3v) is 3.93. The predicted octanol–water partition coefficient (Wildman–Crippen LogP) is 1.57. The van der Waals surface area contributed by atoms with Crippen molar-refractivity contribution in [1.82, 2.24) is 0 Å². The van der Waals surface area contributed by atoms with Gasteiger partial charge in [-0.15, -0.1) is 0 Å². The Bertz CT molecular complexity index is 573. The fourth-order valence-electron chi connectivity index (χ4n) is 2.60. The Morgan fingerprint density at radius 1 is 1.15 bits per heavy atom. The number of carbonyl (C=O) groups excluding carboxylic acids is 2. The van der Waals surface area contributed by atoms with Crippen LogP contribution in [-0.4, -0.2) is 55.9 Å². The average molecular weight is 382 g/mol. The van der Waals surface area contributed by atoms with Crippen LogP contribution >= 0.6 is 0 Å². The third-order valence-electron chi connectivity index (χ3n) is 3.93. The van der Waals surface area contributed by atoms with Crippen molar-refractivity contribution in [2.45, 2.75) is 39.0 Å². The van der Waals surface area contributed by atoms with Gasteiger partial charge in [0.15, 0.2) is 12.6 Å². The van der Waals surface area contributed by atoms with Crippen LogP contribution < -0.4 is 0 Å². The molecular formula is C19H26O8. The molecule has 1 aromatic rings. The molecule has 1 aromatic carbocycles. The van der Waals surface area contributed by atoms with Crippen molar-refractivity contribution in [2.75, 3.05) is 26.4 Å². The van der Waals surface area contributed by atoms with E-state index in [0.29, 0.717) is 12.0 Å². The van der Waals surface area contributed by atoms with Crippen LogP contribution in [0.15, 0.2) is 30.3 Å². The summed E-state index contributed by atoms with van der Waals surface area (Å²) in [5.41, 5.74) is 0.622. The van der Waals surface area contributed by atoms with Crippen LogP contribution in [0.3, 0.4) is 0 Å². The molecule has 8 nitrogen and oxygen atoms in total. The van der Waals surface area contributed by atoms with E-state index in [-0.39, 0.29) is 26.4 Å².